The summed E-state index contributed by atoms with van der Waals surface area (Å²) in [6, 6.07) is 10.6. The lowest BCUT2D eigenvalue weighted by molar-refractivity contribution is 0.0942. The van der Waals surface area contributed by atoms with Gasteiger partial charge in [0.15, 0.2) is 5.69 Å². The van der Waals surface area contributed by atoms with E-state index >= 15 is 0 Å². The maximum atomic E-state index is 12.6. The molecule has 0 fully saturated rings. The lowest BCUT2D eigenvalue weighted by atomic mass is 10.1. The SMILES string of the molecule is CCCCCn1nc(C(=O)NCc2ccco2)c2ccccc2c1=O. The van der Waals surface area contributed by atoms with Gasteiger partial charge in [-0.2, -0.15) is 5.10 Å². The van der Waals surface area contributed by atoms with Crippen LogP contribution in [0.5, 0.6) is 0 Å². The number of fused-ring (bicyclic) bond motifs is 1. The molecule has 2 aromatic heterocycles. The molecule has 0 bridgehead atoms. The van der Waals surface area contributed by atoms with E-state index in [-0.39, 0.29) is 23.7 Å². The minimum absolute atomic E-state index is 0.158. The molecular weight excluding hydrogens is 318 g/mol. The van der Waals surface area contributed by atoms with Gasteiger partial charge in [-0.15, -0.1) is 0 Å². The van der Waals surface area contributed by atoms with Crippen molar-refractivity contribution in [2.24, 2.45) is 0 Å². The molecule has 0 spiro atoms. The number of carbonyl (C=O) groups is 1. The third kappa shape index (κ3) is 3.79. The van der Waals surface area contributed by atoms with Gasteiger partial charge >= 0.3 is 0 Å². The molecule has 1 N–H and O–H groups in total. The van der Waals surface area contributed by atoms with E-state index in [1.54, 1.807) is 42.7 Å². The van der Waals surface area contributed by atoms with Gasteiger partial charge in [-0.3, -0.25) is 9.59 Å². The van der Waals surface area contributed by atoms with Gasteiger partial charge < -0.3 is 9.73 Å². The molecule has 1 aromatic carbocycles. The highest BCUT2D eigenvalue weighted by Crippen LogP contribution is 2.14. The van der Waals surface area contributed by atoms with Crippen molar-refractivity contribution in [2.45, 2.75) is 39.3 Å². The normalized spacial score (nSPS) is 10.9. The number of unbranched alkanes of at least 4 members (excludes halogenated alkanes) is 2. The van der Waals surface area contributed by atoms with Gasteiger partial charge in [0, 0.05) is 11.9 Å². The van der Waals surface area contributed by atoms with E-state index in [4.69, 9.17) is 4.42 Å². The molecule has 0 atom stereocenters. The van der Waals surface area contributed by atoms with Crippen LogP contribution in [0.4, 0.5) is 0 Å². The standard InChI is InChI=1S/C19H21N3O3/c1-2-3-6-11-22-19(24)16-10-5-4-9-15(16)17(21-22)18(23)20-13-14-8-7-12-25-14/h4-5,7-10,12H,2-3,6,11,13H2,1H3,(H,20,23). The predicted molar refractivity (Wildman–Crippen MR) is 95.4 cm³/mol. The highest BCUT2D eigenvalue weighted by Gasteiger charge is 2.16. The number of aromatic nitrogens is 2. The zero-order valence-electron chi connectivity index (χ0n) is 14.2. The van der Waals surface area contributed by atoms with E-state index in [0.29, 0.717) is 23.1 Å². The molecule has 1 amide bonds. The number of furan rings is 1. The summed E-state index contributed by atoms with van der Waals surface area (Å²) in [5.74, 6) is 0.339. The van der Waals surface area contributed by atoms with Crippen LogP contribution >= 0.6 is 0 Å². The Balaban J connectivity index is 1.93. The molecule has 6 nitrogen and oxygen atoms in total. The molecule has 0 unspecified atom stereocenters. The summed E-state index contributed by atoms with van der Waals surface area (Å²) in [7, 11) is 0. The second kappa shape index (κ2) is 7.79. The number of hydrogen-bond acceptors (Lipinski definition) is 4. The minimum Gasteiger partial charge on any atom is -0.467 e. The van der Waals surface area contributed by atoms with Gasteiger partial charge in [0.25, 0.3) is 11.5 Å². The van der Waals surface area contributed by atoms with Gasteiger partial charge in [0.05, 0.1) is 18.2 Å². The molecule has 25 heavy (non-hydrogen) atoms. The summed E-state index contributed by atoms with van der Waals surface area (Å²) < 4.78 is 6.63. The van der Waals surface area contributed by atoms with E-state index < -0.39 is 0 Å². The van der Waals surface area contributed by atoms with E-state index in [1.807, 2.05) is 0 Å². The molecule has 0 radical (unpaired) electrons. The summed E-state index contributed by atoms with van der Waals surface area (Å²) in [4.78, 5) is 25.2. The van der Waals surface area contributed by atoms with Crippen LogP contribution in [0.15, 0.2) is 51.9 Å². The monoisotopic (exact) mass is 339 g/mol. The number of benzene rings is 1. The summed E-state index contributed by atoms with van der Waals surface area (Å²) in [5.41, 5.74) is 0.104. The van der Waals surface area contributed by atoms with Crippen molar-refractivity contribution in [3.05, 3.63) is 64.5 Å². The Morgan fingerprint density at radius 2 is 1.96 bits per heavy atom. The fraction of sp³-hybridized carbons (Fsp3) is 0.316. The van der Waals surface area contributed by atoms with Crippen LogP contribution in [0.25, 0.3) is 10.8 Å². The van der Waals surface area contributed by atoms with E-state index in [0.717, 1.165) is 19.3 Å². The third-order valence-corrected chi connectivity index (χ3v) is 4.06. The second-order valence-electron chi connectivity index (χ2n) is 5.89. The number of hydrogen-bond donors (Lipinski definition) is 1. The Hall–Kier alpha value is -2.89. The number of nitrogens with zero attached hydrogens (tertiary/aromatic N) is 2. The summed E-state index contributed by atoms with van der Waals surface area (Å²) in [5, 5.41) is 8.21. The molecule has 3 rings (SSSR count). The van der Waals surface area contributed by atoms with Crippen LogP contribution in [0, 0.1) is 0 Å². The first kappa shape index (κ1) is 17.0. The summed E-state index contributed by atoms with van der Waals surface area (Å²) >= 11 is 0. The Labute approximate surface area is 145 Å². The van der Waals surface area contributed by atoms with Crippen molar-refractivity contribution in [3.63, 3.8) is 0 Å². The number of carbonyl (C=O) groups excluding carboxylic acids is 1. The fourth-order valence-electron chi connectivity index (χ4n) is 2.73. The first-order valence-electron chi connectivity index (χ1n) is 8.51. The lowest BCUT2D eigenvalue weighted by Crippen LogP contribution is -2.30. The van der Waals surface area contributed by atoms with Crippen molar-refractivity contribution in [2.75, 3.05) is 0 Å². The van der Waals surface area contributed by atoms with Crippen molar-refractivity contribution < 1.29 is 9.21 Å². The Morgan fingerprint density at radius 3 is 2.68 bits per heavy atom. The van der Waals surface area contributed by atoms with E-state index in [9.17, 15) is 9.59 Å². The van der Waals surface area contributed by atoms with Crippen molar-refractivity contribution >= 4 is 16.7 Å². The highest BCUT2D eigenvalue weighted by atomic mass is 16.3. The number of rotatable bonds is 7. The van der Waals surface area contributed by atoms with Crippen molar-refractivity contribution in [1.29, 1.82) is 0 Å². The highest BCUT2D eigenvalue weighted by molar-refractivity contribution is 6.04. The van der Waals surface area contributed by atoms with Gasteiger partial charge in [0.1, 0.15) is 5.76 Å². The molecule has 3 aromatic rings. The molecular formula is C19H21N3O3. The largest absolute Gasteiger partial charge is 0.467 e. The Morgan fingerprint density at radius 1 is 1.16 bits per heavy atom. The van der Waals surface area contributed by atoms with Crippen LogP contribution in [-0.4, -0.2) is 15.7 Å². The maximum Gasteiger partial charge on any atom is 0.274 e. The summed E-state index contributed by atoms with van der Waals surface area (Å²) in [6.45, 7) is 2.89. The van der Waals surface area contributed by atoms with Crippen LogP contribution in [0.1, 0.15) is 42.4 Å². The average molecular weight is 339 g/mol. The molecule has 0 aliphatic carbocycles. The van der Waals surface area contributed by atoms with Crippen LogP contribution in [0.2, 0.25) is 0 Å². The molecule has 2 heterocycles. The topological polar surface area (TPSA) is 77.1 Å². The number of nitrogens with one attached hydrogen (secondary N) is 1. The summed E-state index contributed by atoms with van der Waals surface area (Å²) in [6.07, 6.45) is 4.48. The first-order chi connectivity index (χ1) is 12.2. The zero-order chi connectivity index (χ0) is 17.6. The third-order valence-electron chi connectivity index (χ3n) is 4.06. The smallest absolute Gasteiger partial charge is 0.274 e. The average Bonchev–Trinajstić information content (AvgIpc) is 3.15. The number of aryl methyl sites for hydroxylation is 1. The molecule has 6 heteroatoms. The van der Waals surface area contributed by atoms with Gasteiger partial charge in [0.2, 0.25) is 0 Å². The van der Waals surface area contributed by atoms with Gasteiger partial charge in [-0.1, -0.05) is 38.0 Å². The van der Waals surface area contributed by atoms with Crippen molar-refractivity contribution in [3.8, 4) is 0 Å². The minimum atomic E-state index is -0.322. The van der Waals surface area contributed by atoms with Gasteiger partial charge in [-0.25, -0.2) is 4.68 Å². The predicted octanol–water partition coefficient (Wildman–Crippen LogP) is 3.11. The molecule has 0 aliphatic rings. The van der Waals surface area contributed by atoms with Crippen LogP contribution in [-0.2, 0) is 13.1 Å². The Kier molecular flexibility index (Phi) is 5.28. The molecule has 0 aliphatic heterocycles. The maximum absolute atomic E-state index is 12.6. The fourth-order valence-corrected chi connectivity index (χ4v) is 2.73. The van der Waals surface area contributed by atoms with Gasteiger partial charge in [-0.05, 0) is 24.6 Å². The quantitative estimate of drug-likeness (QED) is 0.671. The number of amides is 1. The van der Waals surface area contributed by atoms with E-state index in [2.05, 4.69) is 17.3 Å². The first-order valence-corrected chi connectivity index (χ1v) is 8.51. The second-order valence-corrected chi connectivity index (χ2v) is 5.89. The molecule has 130 valence electrons. The molecule has 0 saturated carbocycles. The molecule has 0 saturated heterocycles. The lowest BCUT2D eigenvalue weighted by Gasteiger charge is -2.11. The van der Waals surface area contributed by atoms with Crippen molar-refractivity contribution in [1.82, 2.24) is 15.1 Å². The van der Waals surface area contributed by atoms with Crippen LogP contribution < -0.4 is 10.9 Å². The van der Waals surface area contributed by atoms with Crippen LogP contribution in [0.3, 0.4) is 0 Å². The Bertz CT molecular complexity index is 913. The zero-order valence-corrected chi connectivity index (χ0v) is 14.2. The van der Waals surface area contributed by atoms with E-state index in [1.165, 1.54) is 4.68 Å².